The molecule has 4 fully saturated rings. The van der Waals surface area contributed by atoms with Crippen LogP contribution >= 0.6 is 11.3 Å². The fraction of sp³-hybridized carbons (Fsp3) is 0.182. The molecule has 0 amide bonds. The zero-order chi connectivity index (χ0) is 38.7. The minimum atomic E-state index is 0.0444. The SMILES string of the molecule is c1ccc(-c2nc(-c3ccccc3)nc(-c3ccc(-c4cccc5c4C4(c6ccc(-c7ccc8sc9ccccc9c8c7)cc6-5)C5CC6CC(C5)CC4C6)cc3)n2)cc1. The van der Waals surface area contributed by atoms with Crippen molar-refractivity contribution in [1.29, 1.82) is 0 Å². The first-order valence-corrected chi connectivity index (χ1v) is 22.2. The van der Waals surface area contributed by atoms with E-state index < -0.39 is 0 Å². The van der Waals surface area contributed by atoms with Gasteiger partial charge in [-0.3, -0.25) is 0 Å². The molecule has 282 valence electrons. The van der Waals surface area contributed by atoms with Gasteiger partial charge in [0.2, 0.25) is 0 Å². The third-order valence-electron chi connectivity index (χ3n) is 14.5. The molecule has 14 rings (SSSR count). The Morgan fingerprint density at radius 1 is 0.390 bits per heavy atom. The molecular formula is C55H41N3S. The number of aromatic nitrogens is 3. The van der Waals surface area contributed by atoms with Gasteiger partial charge >= 0.3 is 0 Å². The van der Waals surface area contributed by atoms with Crippen LogP contribution in [0.4, 0.5) is 0 Å². The molecule has 5 aliphatic rings. The predicted octanol–water partition coefficient (Wildman–Crippen LogP) is 14.3. The third-order valence-corrected chi connectivity index (χ3v) is 15.7. The molecule has 3 nitrogen and oxygen atoms in total. The first-order valence-electron chi connectivity index (χ1n) is 21.3. The third kappa shape index (κ3) is 5.09. The highest BCUT2D eigenvalue weighted by molar-refractivity contribution is 7.25. The van der Waals surface area contributed by atoms with Gasteiger partial charge in [0.05, 0.1) is 0 Å². The Labute approximate surface area is 348 Å². The molecule has 7 aromatic carbocycles. The summed E-state index contributed by atoms with van der Waals surface area (Å²) in [6, 6.07) is 60.2. The first-order chi connectivity index (χ1) is 29.2. The predicted molar refractivity (Wildman–Crippen MR) is 243 cm³/mol. The zero-order valence-corrected chi connectivity index (χ0v) is 33.5. The van der Waals surface area contributed by atoms with E-state index >= 15 is 0 Å². The van der Waals surface area contributed by atoms with Crippen LogP contribution in [0.15, 0.2) is 164 Å². The van der Waals surface area contributed by atoms with Gasteiger partial charge in [-0.05, 0) is 125 Å². The molecule has 4 heteroatoms. The highest BCUT2D eigenvalue weighted by atomic mass is 32.1. The summed E-state index contributed by atoms with van der Waals surface area (Å²) in [5.74, 6) is 5.18. The molecule has 0 radical (unpaired) electrons. The lowest BCUT2D eigenvalue weighted by Crippen LogP contribution is -2.55. The molecular weight excluding hydrogens is 735 g/mol. The lowest BCUT2D eigenvalue weighted by Gasteiger charge is -2.61. The van der Waals surface area contributed by atoms with Crippen molar-refractivity contribution >= 4 is 31.5 Å². The largest absolute Gasteiger partial charge is 0.208 e. The van der Waals surface area contributed by atoms with Gasteiger partial charge in [-0.1, -0.05) is 140 Å². The fourth-order valence-electron chi connectivity index (χ4n) is 12.3. The van der Waals surface area contributed by atoms with E-state index in [1.54, 1.807) is 11.1 Å². The molecule has 5 aliphatic carbocycles. The lowest BCUT2D eigenvalue weighted by atomic mass is 9.42. The van der Waals surface area contributed by atoms with Crippen LogP contribution in [0.2, 0.25) is 0 Å². The molecule has 2 heterocycles. The topological polar surface area (TPSA) is 38.7 Å². The Hall–Kier alpha value is -6.23. The average Bonchev–Trinajstić information content (AvgIpc) is 3.82. The summed E-state index contributed by atoms with van der Waals surface area (Å²) in [5, 5.41) is 2.71. The summed E-state index contributed by atoms with van der Waals surface area (Å²) in [4.78, 5) is 15.0. The van der Waals surface area contributed by atoms with Gasteiger partial charge in [-0.2, -0.15) is 0 Å². The Balaban J connectivity index is 0.950. The number of hydrogen-bond acceptors (Lipinski definition) is 4. The van der Waals surface area contributed by atoms with Crippen molar-refractivity contribution in [2.75, 3.05) is 0 Å². The summed E-state index contributed by atoms with van der Waals surface area (Å²) in [6.07, 6.45) is 6.87. The lowest BCUT2D eigenvalue weighted by molar-refractivity contribution is -0.0397. The van der Waals surface area contributed by atoms with Crippen molar-refractivity contribution < 1.29 is 0 Å². The Bertz CT molecular complexity index is 3020. The van der Waals surface area contributed by atoms with E-state index in [9.17, 15) is 0 Å². The summed E-state index contributed by atoms with van der Waals surface area (Å²) < 4.78 is 2.71. The van der Waals surface area contributed by atoms with E-state index in [0.717, 1.165) is 28.5 Å². The number of benzene rings is 7. The average molecular weight is 776 g/mol. The zero-order valence-electron chi connectivity index (χ0n) is 32.7. The van der Waals surface area contributed by atoms with Crippen molar-refractivity contribution in [3.63, 3.8) is 0 Å². The summed E-state index contributed by atoms with van der Waals surface area (Å²) >= 11 is 1.89. The van der Waals surface area contributed by atoms with Crippen LogP contribution in [0.5, 0.6) is 0 Å². The number of rotatable bonds is 5. The molecule has 0 atom stereocenters. The van der Waals surface area contributed by atoms with Gasteiger partial charge in [0.15, 0.2) is 17.5 Å². The van der Waals surface area contributed by atoms with Crippen LogP contribution < -0.4 is 0 Å². The molecule has 0 saturated heterocycles. The van der Waals surface area contributed by atoms with Crippen LogP contribution in [0.3, 0.4) is 0 Å². The van der Waals surface area contributed by atoms with Crippen molar-refractivity contribution in [3.8, 4) is 67.5 Å². The van der Waals surface area contributed by atoms with Crippen LogP contribution in [0, 0.1) is 23.7 Å². The minimum absolute atomic E-state index is 0.0444. The van der Waals surface area contributed by atoms with Gasteiger partial charge in [-0.15, -0.1) is 11.3 Å². The van der Waals surface area contributed by atoms with Crippen molar-refractivity contribution in [2.45, 2.75) is 37.5 Å². The molecule has 9 aromatic rings. The van der Waals surface area contributed by atoms with Gasteiger partial charge in [0.1, 0.15) is 0 Å². The van der Waals surface area contributed by atoms with Crippen molar-refractivity contribution in [1.82, 2.24) is 15.0 Å². The summed E-state index contributed by atoms with van der Waals surface area (Å²) in [5.41, 5.74) is 14.3. The van der Waals surface area contributed by atoms with E-state index in [4.69, 9.17) is 15.0 Å². The molecule has 1 spiro atoms. The van der Waals surface area contributed by atoms with Crippen LogP contribution in [0.25, 0.3) is 87.7 Å². The molecule has 0 aliphatic heterocycles. The molecule has 2 aromatic heterocycles. The standard InChI is InChI=1S/C55H41N3S/c1-3-10-36(11-4-1)52-56-53(37-12-5-2-6-13-37)58-54(57-52)38-20-18-35(19-21-38)43-15-9-16-45-46-31-39(40-23-25-50-47(32-40)44-14-7-8-17-49(44)59-50)22-24-48(46)55(51(43)45)41-27-33-26-34(29-41)30-42(55)28-33/h1-25,31-34,41-42H,26-30H2. The Kier molecular flexibility index (Phi) is 7.36. The summed E-state index contributed by atoms with van der Waals surface area (Å²) in [7, 11) is 0. The highest BCUT2D eigenvalue weighted by Crippen LogP contribution is 2.70. The molecule has 0 unspecified atom stereocenters. The molecule has 4 saturated carbocycles. The van der Waals surface area contributed by atoms with E-state index in [-0.39, 0.29) is 5.41 Å². The first kappa shape index (κ1) is 33.7. The summed E-state index contributed by atoms with van der Waals surface area (Å²) in [6.45, 7) is 0. The van der Waals surface area contributed by atoms with Crippen LogP contribution in [0.1, 0.15) is 43.2 Å². The second kappa shape index (κ2) is 12.9. The van der Waals surface area contributed by atoms with Crippen molar-refractivity contribution in [2.24, 2.45) is 23.7 Å². The van der Waals surface area contributed by atoms with E-state index in [1.165, 1.54) is 85.7 Å². The van der Waals surface area contributed by atoms with Gasteiger partial charge in [0.25, 0.3) is 0 Å². The van der Waals surface area contributed by atoms with Crippen LogP contribution in [-0.4, -0.2) is 15.0 Å². The second-order valence-electron chi connectivity index (χ2n) is 17.6. The quantitative estimate of drug-likeness (QED) is 0.175. The number of nitrogens with zero attached hydrogens (tertiary/aromatic N) is 3. The minimum Gasteiger partial charge on any atom is -0.208 e. The smallest absolute Gasteiger partial charge is 0.164 e. The maximum Gasteiger partial charge on any atom is 0.164 e. The fourth-order valence-corrected chi connectivity index (χ4v) is 13.4. The molecule has 4 bridgehead atoms. The highest BCUT2D eigenvalue weighted by Gasteiger charge is 2.62. The molecule has 0 N–H and O–H groups in total. The number of thiophene rings is 1. The maximum absolute atomic E-state index is 5.04. The number of fused-ring (bicyclic) bond motifs is 6. The van der Waals surface area contributed by atoms with E-state index in [1.807, 2.05) is 47.7 Å². The van der Waals surface area contributed by atoms with Crippen molar-refractivity contribution in [3.05, 3.63) is 175 Å². The van der Waals surface area contributed by atoms with E-state index in [0.29, 0.717) is 29.3 Å². The monoisotopic (exact) mass is 775 g/mol. The molecule has 59 heavy (non-hydrogen) atoms. The van der Waals surface area contributed by atoms with Gasteiger partial charge in [-0.25, -0.2) is 15.0 Å². The van der Waals surface area contributed by atoms with Gasteiger partial charge < -0.3 is 0 Å². The van der Waals surface area contributed by atoms with Crippen LogP contribution in [-0.2, 0) is 5.41 Å². The second-order valence-corrected chi connectivity index (χ2v) is 18.7. The van der Waals surface area contributed by atoms with E-state index in [2.05, 4.69) is 127 Å². The Morgan fingerprint density at radius 3 is 1.59 bits per heavy atom. The maximum atomic E-state index is 5.04. The van der Waals surface area contributed by atoms with Gasteiger partial charge in [0, 0.05) is 42.3 Å². The normalized spacial score (nSPS) is 22.3. The number of hydrogen-bond donors (Lipinski definition) is 0. The Morgan fingerprint density at radius 2 is 0.915 bits per heavy atom.